The second-order valence-corrected chi connectivity index (χ2v) is 4.84. The van der Waals surface area contributed by atoms with Crippen molar-refractivity contribution < 1.29 is 4.79 Å². The van der Waals surface area contributed by atoms with Crippen LogP contribution in [0.3, 0.4) is 0 Å². The normalized spacial score (nSPS) is 17.6. The summed E-state index contributed by atoms with van der Waals surface area (Å²) in [7, 11) is 0. The number of likely N-dealkylation sites (tertiary alicyclic amines) is 1. The average Bonchev–Trinajstić information content (AvgIpc) is 2.84. The second-order valence-electron chi connectivity index (χ2n) is 4.84. The van der Waals surface area contributed by atoms with Gasteiger partial charge in [0.25, 0.3) is 5.91 Å². The molecule has 1 aliphatic rings. The lowest BCUT2D eigenvalue weighted by Crippen LogP contribution is -2.45. The standard InChI is InChI=1S/C12H19N5O/c1-9(2)8-17-5-3-10(4-6-17)14-12(18)11-7-13-16-15-11/h7,10H,1,3-6,8H2,2H3,(H,14,18)(H,13,15,16). The maximum Gasteiger partial charge on any atom is 0.273 e. The van der Waals surface area contributed by atoms with Gasteiger partial charge in [-0.05, 0) is 19.8 Å². The molecule has 2 N–H and O–H groups in total. The van der Waals surface area contributed by atoms with Crippen LogP contribution in [0.25, 0.3) is 0 Å². The van der Waals surface area contributed by atoms with Gasteiger partial charge in [0.1, 0.15) is 0 Å². The fourth-order valence-electron chi connectivity index (χ4n) is 2.19. The Labute approximate surface area is 106 Å². The molecule has 0 aliphatic carbocycles. The first-order valence-electron chi connectivity index (χ1n) is 6.18. The number of amides is 1. The minimum atomic E-state index is -0.151. The van der Waals surface area contributed by atoms with E-state index >= 15 is 0 Å². The Balaban J connectivity index is 1.77. The molecule has 6 heteroatoms. The average molecular weight is 249 g/mol. The molecule has 0 bridgehead atoms. The van der Waals surface area contributed by atoms with Crippen LogP contribution >= 0.6 is 0 Å². The molecule has 0 spiro atoms. The Morgan fingerprint density at radius 3 is 2.89 bits per heavy atom. The van der Waals surface area contributed by atoms with Crippen LogP contribution in [0.4, 0.5) is 0 Å². The zero-order valence-electron chi connectivity index (χ0n) is 10.6. The van der Waals surface area contributed by atoms with E-state index in [0.29, 0.717) is 5.69 Å². The van der Waals surface area contributed by atoms with Gasteiger partial charge in [0.05, 0.1) is 6.20 Å². The van der Waals surface area contributed by atoms with Crippen molar-refractivity contribution in [3.63, 3.8) is 0 Å². The molecule has 2 heterocycles. The van der Waals surface area contributed by atoms with Gasteiger partial charge in [-0.3, -0.25) is 9.69 Å². The number of rotatable bonds is 4. The summed E-state index contributed by atoms with van der Waals surface area (Å²) < 4.78 is 0. The van der Waals surface area contributed by atoms with Crippen LogP contribution < -0.4 is 5.32 Å². The van der Waals surface area contributed by atoms with Crippen LogP contribution in [-0.4, -0.2) is 51.9 Å². The van der Waals surface area contributed by atoms with E-state index in [1.165, 1.54) is 11.8 Å². The van der Waals surface area contributed by atoms with E-state index in [0.717, 1.165) is 32.5 Å². The summed E-state index contributed by atoms with van der Waals surface area (Å²) in [4.78, 5) is 14.1. The second kappa shape index (κ2) is 5.77. The highest BCUT2D eigenvalue weighted by molar-refractivity contribution is 5.91. The largest absolute Gasteiger partial charge is 0.348 e. The summed E-state index contributed by atoms with van der Waals surface area (Å²) >= 11 is 0. The van der Waals surface area contributed by atoms with E-state index in [-0.39, 0.29) is 11.9 Å². The van der Waals surface area contributed by atoms with Gasteiger partial charge in [0, 0.05) is 25.7 Å². The van der Waals surface area contributed by atoms with E-state index < -0.39 is 0 Å². The molecule has 0 atom stereocenters. The highest BCUT2D eigenvalue weighted by Gasteiger charge is 2.21. The fraction of sp³-hybridized carbons (Fsp3) is 0.583. The molecular formula is C12H19N5O. The van der Waals surface area contributed by atoms with E-state index in [1.807, 2.05) is 6.92 Å². The first-order chi connectivity index (χ1) is 8.65. The van der Waals surface area contributed by atoms with Gasteiger partial charge in [-0.2, -0.15) is 15.4 Å². The van der Waals surface area contributed by atoms with Crippen molar-refractivity contribution in [2.45, 2.75) is 25.8 Å². The first kappa shape index (κ1) is 12.8. The maximum absolute atomic E-state index is 11.8. The topological polar surface area (TPSA) is 73.9 Å². The lowest BCUT2D eigenvalue weighted by atomic mass is 10.0. The SMILES string of the molecule is C=C(C)CN1CCC(NC(=O)c2cn[nH]n2)CC1. The summed E-state index contributed by atoms with van der Waals surface area (Å²) in [5.74, 6) is -0.151. The molecule has 1 saturated heterocycles. The van der Waals surface area contributed by atoms with Crippen LogP contribution in [0.15, 0.2) is 18.3 Å². The van der Waals surface area contributed by atoms with Gasteiger partial charge in [-0.1, -0.05) is 12.2 Å². The maximum atomic E-state index is 11.8. The number of piperidine rings is 1. The molecule has 1 aromatic rings. The molecule has 0 radical (unpaired) electrons. The van der Waals surface area contributed by atoms with Gasteiger partial charge in [0.2, 0.25) is 0 Å². The molecule has 1 amide bonds. The van der Waals surface area contributed by atoms with Crippen LogP contribution in [0, 0.1) is 0 Å². The van der Waals surface area contributed by atoms with Crippen LogP contribution in [0.2, 0.25) is 0 Å². The number of aromatic nitrogens is 3. The lowest BCUT2D eigenvalue weighted by molar-refractivity contribution is 0.0908. The molecule has 2 rings (SSSR count). The summed E-state index contributed by atoms with van der Waals surface area (Å²) in [6, 6.07) is 0.232. The highest BCUT2D eigenvalue weighted by atomic mass is 16.2. The van der Waals surface area contributed by atoms with E-state index in [4.69, 9.17) is 0 Å². The number of carbonyl (C=O) groups is 1. The predicted molar refractivity (Wildman–Crippen MR) is 68.1 cm³/mol. The molecule has 6 nitrogen and oxygen atoms in total. The number of nitrogens with one attached hydrogen (secondary N) is 2. The Bertz CT molecular complexity index is 406. The van der Waals surface area contributed by atoms with Crippen LogP contribution in [0.5, 0.6) is 0 Å². The third-order valence-electron chi connectivity index (χ3n) is 3.06. The van der Waals surface area contributed by atoms with Crippen molar-refractivity contribution >= 4 is 5.91 Å². The minimum absolute atomic E-state index is 0.151. The monoisotopic (exact) mass is 249 g/mol. The van der Waals surface area contributed by atoms with E-state index in [2.05, 4.69) is 32.2 Å². The zero-order chi connectivity index (χ0) is 13.0. The van der Waals surface area contributed by atoms with Gasteiger partial charge >= 0.3 is 0 Å². The summed E-state index contributed by atoms with van der Waals surface area (Å²) in [5, 5.41) is 12.8. The smallest absolute Gasteiger partial charge is 0.273 e. The van der Waals surface area contributed by atoms with E-state index in [9.17, 15) is 4.79 Å². The summed E-state index contributed by atoms with van der Waals surface area (Å²) in [6.07, 6.45) is 3.37. The molecule has 18 heavy (non-hydrogen) atoms. The predicted octanol–water partition coefficient (Wildman–Crippen LogP) is 0.575. The van der Waals surface area contributed by atoms with Crippen molar-refractivity contribution in [1.29, 1.82) is 0 Å². The molecule has 0 saturated carbocycles. The van der Waals surface area contributed by atoms with Gasteiger partial charge in [-0.15, -0.1) is 0 Å². The minimum Gasteiger partial charge on any atom is -0.348 e. The number of aromatic amines is 1. The third-order valence-corrected chi connectivity index (χ3v) is 3.06. The Morgan fingerprint density at radius 1 is 1.61 bits per heavy atom. The molecular weight excluding hydrogens is 230 g/mol. The fourth-order valence-corrected chi connectivity index (χ4v) is 2.19. The Morgan fingerprint density at radius 2 is 2.33 bits per heavy atom. The zero-order valence-corrected chi connectivity index (χ0v) is 10.6. The first-order valence-corrected chi connectivity index (χ1v) is 6.18. The molecule has 1 fully saturated rings. The number of carbonyl (C=O) groups excluding carboxylic acids is 1. The molecule has 1 aromatic heterocycles. The number of hydrogen-bond acceptors (Lipinski definition) is 4. The third kappa shape index (κ3) is 3.40. The molecule has 0 unspecified atom stereocenters. The van der Waals surface area contributed by atoms with E-state index in [1.54, 1.807) is 0 Å². The van der Waals surface area contributed by atoms with Crippen molar-refractivity contribution in [1.82, 2.24) is 25.6 Å². The van der Waals surface area contributed by atoms with Gasteiger partial charge in [-0.25, -0.2) is 0 Å². The number of H-pyrrole nitrogens is 1. The van der Waals surface area contributed by atoms with Gasteiger partial charge in [0.15, 0.2) is 5.69 Å². The van der Waals surface area contributed by atoms with Crippen LogP contribution in [0.1, 0.15) is 30.3 Å². The quantitative estimate of drug-likeness (QED) is 0.765. The Kier molecular flexibility index (Phi) is 4.09. The number of nitrogens with zero attached hydrogens (tertiary/aromatic N) is 3. The molecule has 0 aromatic carbocycles. The van der Waals surface area contributed by atoms with Gasteiger partial charge < -0.3 is 5.32 Å². The summed E-state index contributed by atoms with van der Waals surface area (Å²) in [5.41, 5.74) is 1.53. The highest BCUT2D eigenvalue weighted by Crippen LogP contribution is 2.11. The molecule has 98 valence electrons. The Hall–Kier alpha value is -1.69. The summed E-state index contributed by atoms with van der Waals surface area (Å²) in [6.45, 7) is 8.90. The van der Waals surface area contributed by atoms with Crippen molar-refractivity contribution in [3.05, 3.63) is 24.0 Å². The van der Waals surface area contributed by atoms with Crippen molar-refractivity contribution in [2.75, 3.05) is 19.6 Å². The van der Waals surface area contributed by atoms with Crippen molar-refractivity contribution in [3.8, 4) is 0 Å². The number of hydrogen-bond donors (Lipinski definition) is 2. The lowest BCUT2D eigenvalue weighted by Gasteiger charge is -2.32. The van der Waals surface area contributed by atoms with Crippen LogP contribution in [-0.2, 0) is 0 Å². The molecule has 1 aliphatic heterocycles. The van der Waals surface area contributed by atoms with Crippen molar-refractivity contribution in [2.24, 2.45) is 0 Å².